The Hall–Kier alpha value is -7.83. The second-order valence-corrected chi connectivity index (χ2v) is 14.0. The Morgan fingerprint density at radius 2 is 1.09 bits per heavy atom. The summed E-state index contributed by atoms with van der Waals surface area (Å²) in [6.07, 6.45) is 0. The Bertz CT molecular complexity index is 3810. The fourth-order valence-electron chi connectivity index (χ4n) is 8.16. The molecule has 0 aliphatic carbocycles. The van der Waals surface area contributed by atoms with Gasteiger partial charge < -0.3 is 13.4 Å². The van der Waals surface area contributed by atoms with Gasteiger partial charge in [-0.3, -0.25) is 0 Å². The topological polar surface area (TPSA) is 69.9 Å². The van der Waals surface area contributed by atoms with Crippen LogP contribution in [0.15, 0.2) is 191 Å². The van der Waals surface area contributed by atoms with E-state index in [1.165, 1.54) is 0 Å². The van der Waals surface area contributed by atoms with Crippen LogP contribution in [0.5, 0.6) is 0 Å². The highest BCUT2D eigenvalue weighted by atomic mass is 16.3. The number of fused-ring (bicyclic) bond motifs is 9. The molecule has 0 saturated carbocycles. The lowest BCUT2D eigenvalue weighted by Gasteiger charge is -2.10. The Labute approximate surface area is 332 Å². The maximum absolute atomic E-state index is 8.85. The third-order valence-electron chi connectivity index (χ3n) is 10.8. The molecule has 0 unspecified atom stereocenters. The number of nitrogens with zero attached hydrogens (tertiary/aromatic N) is 4. The average Bonchev–Trinajstić information content (AvgIpc) is 3.99. The zero-order chi connectivity index (χ0) is 41.8. The summed E-state index contributed by atoms with van der Waals surface area (Å²) in [6, 6.07) is 48.4. The summed E-state index contributed by atoms with van der Waals surface area (Å²) < 4.78 is 57.9. The highest BCUT2D eigenvalue weighted by Gasteiger charge is 2.20. The van der Waals surface area contributed by atoms with E-state index in [2.05, 4.69) is 89.5 Å². The van der Waals surface area contributed by atoms with Crippen molar-refractivity contribution in [3.05, 3.63) is 182 Å². The van der Waals surface area contributed by atoms with Gasteiger partial charge in [0.15, 0.2) is 17.5 Å². The molecule has 12 aromatic rings. The number of benzene rings is 8. The van der Waals surface area contributed by atoms with Crippen molar-refractivity contribution in [2.45, 2.75) is 0 Å². The number of hydrogen-bond donors (Lipinski definition) is 0. The van der Waals surface area contributed by atoms with Crippen LogP contribution >= 0.6 is 0 Å². The van der Waals surface area contributed by atoms with Crippen LogP contribution in [-0.2, 0) is 0 Å². The Morgan fingerprint density at radius 3 is 1.98 bits per heavy atom. The molecule has 0 fully saturated rings. The predicted molar refractivity (Wildman–Crippen MR) is 230 cm³/mol. The monoisotopic (exact) mass is 735 g/mol. The van der Waals surface area contributed by atoms with Crippen LogP contribution in [0.2, 0.25) is 0 Å². The molecule has 12 rings (SSSR count). The third kappa shape index (κ3) is 5.01. The van der Waals surface area contributed by atoms with E-state index < -0.39 is 30.2 Å². The van der Waals surface area contributed by atoms with Crippen molar-refractivity contribution >= 4 is 65.7 Å². The summed E-state index contributed by atoms with van der Waals surface area (Å²) in [5.41, 5.74) is 9.19. The van der Waals surface area contributed by atoms with Crippen LogP contribution in [0, 0.1) is 0 Å². The van der Waals surface area contributed by atoms with Crippen LogP contribution < -0.4 is 0 Å². The summed E-state index contributed by atoms with van der Waals surface area (Å²) in [6.45, 7) is 0. The molecule has 0 bridgehead atoms. The second kappa shape index (κ2) is 12.3. The standard InChI is InChI=1S/C51H30N4O2/c1-3-12-31(13-4-1)33-22-25-37-36-16-7-9-19-42(36)55(43(37)29-33)35-24-26-39-47(30-35)57-46-21-11-18-40(48(39)46)51-53-49(32-14-5-2-6-15-32)52-50(54-51)34-23-27-45-41(28-34)38-17-8-10-20-44(38)56-45/h1-30H/i2D,5D,6D,14D,15D. The van der Waals surface area contributed by atoms with Crippen LogP contribution in [-0.4, -0.2) is 19.5 Å². The number of hydrogen-bond acceptors (Lipinski definition) is 5. The van der Waals surface area contributed by atoms with Crippen molar-refractivity contribution < 1.29 is 15.7 Å². The minimum absolute atomic E-state index is 0.0486. The maximum atomic E-state index is 8.85. The van der Waals surface area contributed by atoms with Crippen molar-refractivity contribution in [1.82, 2.24) is 19.5 Å². The molecule has 0 saturated heterocycles. The van der Waals surface area contributed by atoms with E-state index in [4.69, 9.17) is 30.6 Å². The normalized spacial score (nSPS) is 13.1. The zero-order valence-corrected chi connectivity index (χ0v) is 30.0. The van der Waals surface area contributed by atoms with Gasteiger partial charge in [0.25, 0.3) is 0 Å². The second-order valence-electron chi connectivity index (χ2n) is 14.0. The van der Waals surface area contributed by atoms with Gasteiger partial charge in [-0.2, -0.15) is 0 Å². The number of aromatic nitrogens is 4. The van der Waals surface area contributed by atoms with E-state index in [1.54, 1.807) is 0 Å². The summed E-state index contributed by atoms with van der Waals surface area (Å²) in [5, 5.41) is 5.69. The highest BCUT2D eigenvalue weighted by Crippen LogP contribution is 2.40. The Balaban J connectivity index is 1.07. The summed E-state index contributed by atoms with van der Waals surface area (Å²) in [5.74, 6) is 0.465. The summed E-state index contributed by atoms with van der Waals surface area (Å²) in [4.78, 5) is 14.7. The SMILES string of the molecule is [2H]c1c([2H])c([2H])c(-c2nc(-c3ccc4oc5ccccc5c4c3)nc(-c3cccc4oc5cc(-n6c7ccccc7c7ccc(-c8ccccc8)cc76)ccc5c34)n2)c([2H])c1[2H]. The van der Waals surface area contributed by atoms with Crippen molar-refractivity contribution in [3.63, 3.8) is 0 Å². The molecule has 0 N–H and O–H groups in total. The van der Waals surface area contributed by atoms with Gasteiger partial charge in [0.05, 0.1) is 17.9 Å². The molecular formula is C51H30N4O2. The highest BCUT2D eigenvalue weighted by molar-refractivity contribution is 6.14. The molecule has 0 aliphatic heterocycles. The smallest absolute Gasteiger partial charge is 0.164 e. The number of para-hydroxylation sites is 2. The summed E-state index contributed by atoms with van der Waals surface area (Å²) >= 11 is 0. The summed E-state index contributed by atoms with van der Waals surface area (Å²) in [7, 11) is 0. The Kier molecular flexibility index (Phi) is 5.82. The quantitative estimate of drug-likeness (QED) is 0.176. The molecule has 4 heterocycles. The molecule has 8 aromatic carbocycles. The van der Waals surface area contributed by atoms with E-state index in [0.717, 1.165) is 65.7 Å². The van der Waals surface area contributed by atoms with Crippen LogP contribution in [0.25, 0.3) is 117 Å². The van der Waals surface area contributed by atoms with E-state index >= 15 is 0 Å². The largest absolute Gasteiger partial charge is 0.456 e. The molecular weight excluding hydrogens is 701 g/mol. The van der Waals surface area contributed by atoms with Crippen LogP contribution in [0.4, 0.5) is 0 Å². The predicted octanol–water partition coefficient (Wildman–Crippen LogP) is 13.4. The van der Waals surface area contributed by atoms with Gasteiger partial charge in [0.2, 0.25) is 0 Å². The first-order chi connectivity index (χ1) is 30.3. The third-order valence-corrected chi connectivity index (χ3v) is 10.8. The molecule has 0 aliphatic rings. The molecule has 0 spiro atoms. The molecule has 266 valence electrons. The minimum atomic E-state index is -0.498. The number of rotatable bonds is 5. The average molecular weight is 736 g/mol. The zero-order valence-electron chi connectivity index (χ0n) is 35.0. The van der Waals surface area contributed by atoms with E-state index in [1.807, 2.05) is 66.7 Å². The van der Waals surface area contributed by atoms with Gasteiger partial charge in [-0.15, -0.1) is 0 Å². The van der Waals surface area contributed by atoms with Gasteiger partial charge >= 0.3 is 0 Å². The maximum Gasteiger partial charge on any atom is 0.164 e. The van der Waals surface area contributed by atoms with Crippen LogP contribution in [0.3, 0.4) is 0 Å². The van der Waals surface area contributed by atoms with Crippen molar-refractivity contribution in [1.29, 1.82) is 0 Å². The molecule has 0 radical (unpaired) electrons. The van der Waals surface area contributed by atoms with Gasteiger partial charge in [0.1, 0.15) is 22.3 Å². The Morgan fingerprint density at radius 1 is 0.404 bits per heavy atom. The molecule has 0 amide bonds. The fourth-order valence-corrected chi connectivity index (χ4v) is 8.16. The lowest BCUT2D eigenvalue weighted by molar-refractivity contribution is 0.668. The molecule has 0 atom stereocenters. The van der Waals surface area contributed by atoms with Gasteiger partial charge in [-0.05, 0) is 65.7 Å². The molecule has 57 heavy (non-hydrogen) atoms. The molecule has 4 aromatic heterocycles. The van der Waals surface area contributed by atoms with Crippen molar-refractivity contribution in [2.75, 3.05) is 0 Å². The minimum Gasteiger partial charge on any atom is -0.456 e. The van der Waals surface area contributed by atoms with Gasteiger partial charge in [0, 0.05) is 60.8 Å². The lowest BCUT2D eigenvalue weighted by Crippen LogP contribution is -2.00. The van der Waals surface area contributed by atoms with E-state index in [0.29, 0.717) is 27.9 Å². The van der Waals surface area contributed by atoms with Crippen LogP contribution in [0.1, 0.15) is 6.85 Å². The van der Waals surface area contributed by atoms with Crippen molar-refractivity contribution in [2.24, 2.45) is 0 Å². The molecule has 6 heteroatoms. The molecule has 6 nitrogen and oxygen atoms in total. The van der Waals surface area contributed by atoms with Gasteiger partial charge in [-0.1, -0.05) is 121 Å². The first-order valence-electron chi connectivity index (χ1n) is 21.1. The number of furan rings is 2. The first kappa shape index (κ1) is 26.9. The van der Waals surface area contributed by atoms with E-state index in [9.17, 15) is 0 Å². The lowest BCUT2D eigenvalue weighted by atomic mass is 10.0. The van der Waals surface area contributed by atoms with Crippen molar-refractivity contribution in [3.8, 4) is 51.0 Å². The van der Waals surface area contributed by atoms with Gasteiger partial charge in [-0.25, -0.2) is 15.0 Å². The first-order valence-corrected chi connectivity index (χ1v) is 18.6. The van der Waals surface area contributed by atoms with E-state index in [-0.39, 0.29) is 23.0 Å². The fraction of sp³-hybridized carbons (Fsp3) is 0.